The maximum atomic E-state index is 13.1. The molecular weight excluding hydrogens is 393 g/mol. The summed E-state index contributed by atoms with van der Waals surface area (Å²) in [5.74, 6) is -0.478. The Kier molecular flexibility index (Phi) is 6.87. The first-order valence-corrected chi connectivity index (χ1v) is 11.1. The minimum Gasteiger partial charge on any atom is -0.338 e. The molecule has 0 atom stereocenters. The molecule has 1 N–H and O–H groups in total. The molecule has 1 fully saturated rings. The Morgan fingerprint density at radius 1 is 1.07 bits per heavy atom. The van der Waals surface area contributed by atoms with E-state index in [9.17, 15) is 17.6 Å². The van der Waals surface area contributed by atoms with E-state index in [2.05, 4.69) is 11.4 Å². The topological polar surface area (TPSA) is 69.7 Å². The third-order valence-corrected chi connectivity index (χ3v) is 6.88. The van der Waals surface area contributed by atoms with Crippen molar-refractivity contribution in [3.8, 4) is 0 Å². The lowest BCUT2D eigenvalue weighted by atomic mass is 10.1. The third kappa shape index (κ3) is 5.55. The minimum absolute atomic E-state index is 0.0648. The fourth-order valence-corrected chi connectivity index (χ4v) is 4.86. The van der Waals surface area contributed by atoms with Crippen LogP contribution in [-0.4, -0.2) is 56.4 Å². The quantitative estimate of drug-likeness (QED) is 0.810. The van der Waals surface area contributed by atoms with Crippen LogP contribution < -0.4 is 5.32 Å². The van der Waals surface area contributed by atoms with E-state index in [1.165, 1.54) is 22.0 Å². The summed E-state index contributed by atoms with van der Waals surface area (Å²) in [5.41, 5.74) is 2.35. The van der Waals surface area contributed by atoms with E-state index in [0.717, 1.165) is 24.1 Å². The molecule has 3 rings (SSSR count). The van der Waals surface area contributed by atoms with Crippen LogP contribution >= 0.6 is 0 Å². The second-order valence-corrected chi connectivity index (χ2v) is 9.11. The molecule has 1 aliphatic rings. The third-order valence-electron chi connectivity index (χ3n) is 4.97. The number of urea groups is 1. The van der Waals surface area contributed by atoms with Gasteiger partial charge in [-0.2, -0.15) is 4.31 Å². The van der Waals surface area contributed by atoms with E-state index >= 15 is 0 Å². The minimum atomic E-state index is -3.70. The summed E-state index contributed by atoms with van der Waals surface area (Å²) in [7, 11) is -3.70. The predicted molar refractivity (Wildman–Crippen MR) is 110 cm³/mol. The zero-order valence-corrected chi connectivity index (χ0v) is 17.3. The molecule has 6 nitrogen and oxygen atoms in total. The summed E-state index contributed by atoms with van der Waals surface area (Å²) in [6.07, 6.45) is 1.29. The monoisotopic (exact) mass is 419 g/mol. The van der Waals surface area contributed by atoms with Crippen LogP contribution in [-0.2, 0) is 16.4 Å². The Morgan fingerprint density at radius 2 is 1.83 bits per heavy atom. The fraction of sp³-hybridized carbons (Fsp3) is 0.381. The number of aryl methyl sites for hydroxylation is 1. The molecule has 1 heterocycles. The van der Waals surface area contributed by atoms with Crippen molar-refractivity contribution in [3.63, 3.8) is 0 Å². The highest BCUT2D eigenvalue weighted by Gasteiger charge is 2.28. The van der Waals surface area contributed by atoms with Crippen molar-refractivity contribution in [2.45, 2.75) is 24.7 Å². The average Bonchev–Trinajstić information content (AvgIpc) is 2.95. The van der Waals surface area contributed by atoms with Crippen molar-refractivity contribution in [2.24, 2.45) is 0 Å². The average molecular weight is 420 g/mol. The fourth-order valence-electron chi connectivity index (χ4n) is 3.39. The van der Waals surface area contributed by atoms with Crippen LogP contribution in [0.3, 0.4) is 0 Å². The first-order valence-electron chi connectivity index (χ1n) is 9.70. The van der Waals surface area contributed by atoms with Crippen LogP contribution in [0.4, 0.5) is 9.18 Å². The number of hydrogen-bond donors (Lipinski definition) is 1. The molecule has 29 heavy (non-hydrogen) atoms. The number of sulfonamides is 1. The lowest BCUT2D eigenvalue weighted by molar-refractivity contribution is 0.200. The van der Waals surface area contributed by atoms with Crippen LogP contribution in [0, 0.1) is 12.7 Å². The lowest BCUT2D eigenvalue weighted by Crippen LogP contribution is -2.43. The summed E-state index contributed by atoms with van der Waals surface area (Å²) in [6.45, 7) is 3.90. The van der Waals surface area contributed by atoms with Crippen LogP contribution in [0.5, 0.6) is 0 Å². The molecule has 0 radical (unpaired) electrons. The Balaban J connectivity index is 1.53. The molecule has 1 aliphatic heterocycles. The Labute approximate surface area is 171 Å². The summed E-state index contributed by atoms with van der Waals surface area (Å²) < 4.78 is 40.0. The SMILES string of the molecule is Cc1cccc(CCNC(=O)N2CCCN(S(=O)(=O)c3ccc(F)cc3)CC2)c1. The molecule has 0 aliphatic carbocycles. The molecule has 0 unspecified atom stereocenters. The molecule has 2 amide bonds. The first kappa shape index (κ1) is 21.3. The van der Waals surface area contributed by atoms with E-state index < -0.39 is 15.8 Å². The molecule has 0 saturated carbocycles. The van der Waals surface area contributed by atoms with Gasteiger partial charge in [-0.25, -0.2) is 17.6 Å². The van der Waals surface area contributed by atoms with Gasteiger partial charge in [-0.05, 0) is 49.6 Å². The van der Waals surface area contributed by atoms with Gasteiger partial charge >= 0.3 is 6.03 Å². The number of halogens is 1. The van der Waals surface area contributed by atoms with Crippen molar-refractivity contribution in [1.29, 1.82) is 0 Å². The van der Waals surface area contributed by atoms with Crippen molar-refractivity contribution in [1.82, 2.24) is 14.5 Å². The Morgan fingerprint density at radius 3 is 2.55 bits per heavy atom. The number of carbonyl (C=O) groups excluding carboxylic acids is 1. The summed E-state index contributed by atoms with van der Waals surface area (Å²) >= 11 is 0. The second-order valence-electron chi connectivity index (χ2n) is 7.17. The van der Waals surface area contributed by atoms with Gasteiger partial charge in [0, 0.05) is 32.7 Å². The predicted octanol–water partition coefficient (Wildman–Crippen LogP) is 2.78. The van der Waals surface area contributed by atoms with Gasteiger partial charge in [0.25, 0.3) is 0 Å². The smallest absolute Gasteiger partial charge is 0.317 e. The van der Waals surface area contributed by atoms with Crippen molar-refractivity contribution < 1.29 is 17.6 Å². The van der Waals surface area contributed by atoms with Crippen LogP contribution in [0.1, 0.15) is 17.5 Å². The maximum absolute atomic E-state index is 13.1. The van der Waals surface area contributed by atoms with Gasteiger partial charge in [0.15, 0.2) is 0 Å². The highest BCUT2D eigenvalue weighted by Crippen LogP contribution is 2.18. The highest BCUT2D eigenvalue weighted by molar-refractivity contribution is 7.89. The molecule has 1 saturated heterocycles. The van der Waals surface area contributed by atoms with Gasteiger partial charge in [0.1, 0.15) is 5.82 Å². The van der Waals surface area contributed by atoms with E-state index in [4.69, 9.17) is 0 Å². The van der Waals surface area contributed by atoms with Crippen LogP contribution in [0.15, 0.2) is 53.4 Å². The summed E-state index contributed by atoms with van der Waals surface area (Å²) in [5, 5.41) is 2.92. The van der Waals surface area contributed by atoms with Crippen molar-refractivity contribution in [2.75, 3.05) is 32.7 Å². The van der Waals surface area contributed by atoms with Gasteiger partial charge in [-0.1, -0.05) is 29.8 Å². The van der Waals surface area contributed by atoms with Crippen LogP contribution in [0.25, 0.3) is 0 Å². The molecule has 0 bridgehead atoms. The lowest BCUT2D eigenvalue weighted by Gasteiger charge is -2.22. The standard InChI is InChI=1S/C21H26FN3O3S/c1-17-4-2-5-18(16-17)10-11-23-21(26)24-12-3-13-25(15-14-24)29(27,28)20-8-6-19(22)7-9-20/h2,4-9,16H,3,10-15H2,1H3,(H,23,26). The molecule has 156 valence electrons. The zero-order valence-electron chi connectivity index (χ0n) is 16.5. The van der Waals surface area contributed by atoms with Gasteiger partial charge in [-0.15, -0.1) is 0 Å². The van der Waals surface area contributed by atoms with E-state index in [1.807, 2.05) is 25.1 Å². The zero-order chi connectivity index (χ0) is 20.9. The number of carbonyl (C=O) groups is 1. The van der Waals surface area contributed by atoms with Crippen molar-refractivity contribution in [3.05, 3.63) is 65.5 Å². The highest BCUT2D eigenvalue weighted by atomic mass is 32.2. The van der Waals surface area contributed by atoms with Gasteiger partial charge in [0.2, 0.25) is 10.0 Å². The molecule has 8 heteroatoms. The number of hydrogen-bond acceptors (Lipinski definition) is 3. The molecule has 2 aromatic rings. The molecule has 2 aromatic carbocycles. The van der Waals surface area contributed by atoms with Gasteiger partial charge in [0.05, 0.1) is 4.90 Å². The molecular formula is C21H26FN3O3S. The number of nitrogens with one attached hydrogen (secondary N) is 1. The normalized spacial score (nSPS) is 15.7. The van der Waals surface area contributed by atoms with Crippen molar-refractivity contribution >= 4 is 16.1 Å². The second kappa shape index (κ2) is 9.37. The number of nitrogens with zero attached hydrogens (tertiary/aromatic N) is 2. The maximum Gasteiger partial charge on any atom is 0.317 e. The largest absolute Gasteiger partial charge is 0.338 e. The Hall–Kier alpha value is -2.45. The van der Waals surface area contributed by atoms with E-state index in [-0.39, 0.29) is 17.5 Å². The van der Waals surface area contributed by atoms with E-state index in [1.54, 1.807) is 4.90 Å². The molecule has 0 aromatic heterocycles. The van der Waals surface area contributed by atoms with E-state index in [0.29, 0.717) is 32.6 Å². The van der Waals surface area contributed by atoms with Gasteiger partial charge < -0.3 is 10.2 Å². The first-order chi connectivity index (χ1) is 13.9. The number of benzene rings is 2. The number of rotatable bonds is 5. The number of amides is 2. The molecule has 0 spiro atoms. The van der Waals surface area contributed by atoms with Crippen LogP contribution in [0.2, 0.25) is 0 Å². The van der Waals surface area contributed by atoms with Gasteiger partial charge in [-0.3, -0.25) is 0 Å². The summed E-state index contributed by atoms with van der Waals surface area (Å²) in [6, 6.07) is 12.8. The summed E-state index contributed by atoms with van der Waals surface area (Å²) in [4.78, 5) is 14.2. The Bertz CT molecular complexity index is 948.